The fourth-order valence-corrected chi connectivity index (χ4v) is 4.73. The molecule has 0 bridgehead atoms. The Kier molecular flexibility index (Phi) is 5.61. The number of benzene rings is 1. The number of carbonyl (C=O) groups is 2. The Labute approximate surface area is 173 Å². The maximum absolute atomic E-state index is 12.7. The first kappa shape index (κ1) is 19.3. The quantitative estimate of drug-likeness (QED) is 0.773. The van der Waals surface area contributed by atoms with Crippen LogP contribution in [0.1, 0.15) is 18.2 Å². The molecule has 0 atom stereocenters. The average Bonchev–Trinajstić information content (AvgIpc) is 3.30. The molecule has 148 valence electrons. The van der Waals surface area contributed by atoms with Crippen LogP contribution in [0.2, 0.25) is 5.02 Å². The lowest BCUT2D eigenvalue weighted by molar-refractivity contribution is -0.144. The number of anilines is 1. The van der Waals surface area contributed by atoms with Gasteiger partial charge in [-0.3, -0.25) is 9.59 Å². The largest absolute Gasteiger partial charge is 0.332 e. The maximum Gasteiger partial charge on any atom is 0.315 e. The molecule has 28 heavy (non-hydrogen) atoms. The number of halogens is 1. The van der Waals surface area contributed by atoms with Crippen molar-refractivity contribution in [3.05, 3.63) is 40.5 Å². The number of amides is 2. The zero-order chi connectivity index (χ0) is 19.7. The van der Waals surface area contributed by atoms with Gasteiger partial charge in [0.2, 0.25) is 0 Å². The summed E-state index contributed by atoms with van der Waals surface area (Å²) in [6.07, 6.45) is 0. The van der Waals surface area contributed by atoms with Crippen LogP contribution in [0.4, 0.5) is 5.82 Å². The van der Waals surface area contributed by atoms with Crippen LogP contribution in [0.3, 0.4) is 0 Å². The van der Waals surface area contributed by atoms with Gasteiger partial charge < -0.3 is 15.1 Å². The molecule has 0 radical (unpaired) electrons. The summed E-state index contributed by atoms with van der Waals surface area (Å²) in [4.78, 5) is 29.3. The van der Waals surface area contributed by atoms with Crippen molar-refractivity contribution < 1.29 is 9.59 Å². The zero-order valence-corrected chi connectivity index (χ0v) is 17.2. The number of piperazine rings is 1. The summed E-state index contributed by atoms with van der Waals surface area (Å²) in [5, 5.41) is 8.06. The highest BCUT2D eigenvalue weighted by Crippen LogP contribution is 2.36. The van der Waals surface area contributed by atoms with Crippen LogP contribution in [-0.2, 0) is 21.1 Å². The van der Waals surface area contributed by atoms with Crippen molar-refractivity contribution in [2.45, 2.75) is 18.4 Å². The minimum atomic E-state index is -0.618. The number of likely N-dealkylation sites (N-methyl/N-ethyl adjacent to an activating group) is 1. The summed E-state index contributed by atoms with van der Waals surface area (Å²) in [6, 6.07) is 7.29. The molecule has 7 nitrogen and oxygen atoms in total. The molecule has 0 saturated carbocycles. The Morgan fingerprint density at radius 2 is 2.00 bits per heavy atom. The number of nitrogens with one attached hydrogen (secondary N) is 1. The van der Waals surface area contributed by atoms with Gasteiger partial charge in [-0.1, -0.05) is 24.6 Å². The number of hydrogen-bond acceptors (Lipinski definition) is 5. The minimum Gasteiger partial charge on any atom is -0.332 e. The van der Waals surface area contributed by atoms with Crippen LogP contribution >= 0.6 is 23.4 Å². The summed E-state index contributed by atoms with van der Waals surface area (Å²) in [7, 11) is 0. The Morgan fingerprint density at radius 3 is 2.71 bits per heavy atom. The number of fused-ring (bicyclic) bond motifs is 1. The van der Waals surface area contributed by atoms with E-state index in [0.29, 0.717) is 23.9 Å². The summed E-state index contributed by atoms with van der Waals surface area (Å²) < 4.78 is 1.68. The summed E-state index contributed by atoms with van der Waals surface area (Å²) >= 11 is 7.87. The molecule has 2 aromatic rings. The molecule has 1 aromatic heterocycles. The molecule has 2 amide bonds. The molecule has 0 aliphatic carbocycles. The standard InChI is InChI=1S/C19H22ClN5O2S/c1-2-23-6-8-24(9-7-23)19(27)18(26)21-17-15-11-28-12-16(15)22-25(17)14-5-3-4-13(20)10-14/h3-5,10H,2,6-9,11-12H2,1H3,(H,21,26). The highest BCUT2D eigenvalue weighted by molar-refractivity contribution is 7.98. The second kappa shape index (κ2) is 8.14. The number of rotatable bonds is 3. The molecular formula is C19H22ClN5O2S. The number of carbonyl (C=O) groups excluding carboxylic acids is 2. The minimum absolute atomic E-state index is 0.492. The molecule has 2 aliphatic rings. The van der Waals surface area contributed by atoms with Gasteiger partial charge in [-0.15, -0.1) is 0 Å². The first-order valence-electron chi connectivity index (χ1n) is 9.34. The van der Waals surface area contributed by atoms with Gasteiger partial charge in [-0.2, -0.15) is 16.9 Å². The van der Waals surface area contributed by atoms with Crippen molar-refractivity contribution in [2.75, 3.05) is 38.0 Å². The number of nitrogens with zero attached hydrogens (tertiary/aromatic N) is 4. The topological polar surface area (TPSA) is 70.5 Å². The van der Waals surface area contributed by atoms with Crippen LogP contribution in [0.5, 0.6) is 0 Å². The molecule has 1 saturated heterocycles. The monoisotopic (exact) mass is 419 g/mol. The summed E-state index contributed by atoms with van der Waals surface area (Å²) in [5.74, 6) is 1.00. The SMILES string of the molecule is CCN1CCN(C(=O)C(=O)Nc2c3c(nn2-c2cccc(Cl)c2)CSC3)CC1. The molecule has 4 rings (SSSR count). The van der Waals surface area contributed by atoms with E-state index in [4.69, 9.17) is 11.6 Å². The number of thioether (sulfide) groups is 1. The van der Waals surface area contributed by atoms with E-state index in [2.05, 4.69) is 22.2 Å². The maximum atomic E-state index is 12.7. The molecule has 9 heteroatoms. The third kappa shape index (κ3) is 3.76. The number of aromatic nitrogens is 2. The second-order valence-corrected chi connectivity index (χ2v) is 8.26. The van der Waals surface area contributed by atoms with Crippen LogP contribution in [0, 0.1) is 0 Å². The van der Waals surface area contributed by atoms with E-state index in [1.807, 2.05) is 12.1 Å². The van der Waals surface area contributed by atoms with E-state index >= 15 is 0 Å². The van der Waals surface area contributed by atoms with Gasteiger partial charge in [0, 0.05) is 48.3 Å². The van der Waals surface area contributed by atoms with Crippen LogP contribution in [0.25, 0.3) is 5.69 Å². The highest BCUT2D eigenvalue weighted by atomic mass is 35.5. The predicted octanol–water partition coefficient (Wildman–Crippen LogP) is 2.38. The van der Waals surface area contributed by atoms with Crippen LogP contribution < -0.4 is 5.32 Å². The van der Waals surface area contributed by atoms with Crippen molar-refractivity contribution in [1.29, 1.82) is 0 Å². The van der Waals surface area contributed by atoms with Crippen LogP contribution in [0.15, 0.2) is 24.3 Å². The zero-order valence-electron chi connectivity index (χ0n) is 15.7. The lowest BCUT2D eigenvalue weighted by Crippen LogP contribution is -2.51. The van der Waals surface area contributed by atoms with Gasteiger partial charge in [-0.05, 0) is 24.7 Å². The third-order valence-electron chi connectivity index (χ3n) is 5.14. The van der Waals surface area contributed by atoms with Crippen molar-refractivity contribution in [3.63, 3.8) is 0 Å². The van der Waals surface area contributed by atoms with Crippen molar-refractivity contribution in [3.8, 4) is 5.69 Å². The molecule has 1 aromatic carbocycles. The summed E-state index contributed by atoms with van der Waals surface area (Å²) in [6.45, 7) is 5.78. The molecular weight excluding hydrogens is 398 g/mol. The predicted molar refractivity (Wildman–Crippen MR) is 111 cm³/mol. The highest BCUT2D eigenvalue weighted by Gasteiger charge is 2.29. The number of hydrogen-bond donors (Lipinski definition) is 1. The lowest BCUT2D eigenvalue weighted by Gasteiger charge is -2.33. The van der Waals surface area contributed by atoms with Gasteiger partial charge >= 0.3 is 11.8 Å². The van der Waals surface area contributed by atoms with E-state index < -0.39 is 11.8 Å². The first-order valence-corrected chi connectivity index (χ1v) is 10.9. The van der Waals surface area contributed by atoms with Gasteiger partial charge in [0.05, 0.1) is 11.4 Å². The van der Waals surface area contributed by atoms with Gasteiger partial charge in [0.25, 0.3) is 0 Å². The molecule has 0 unspecified atom stereocenters. The van der Waals surface area contributed by atoms with Crippen molar-refractivity contribution in [1.82, 2.24) is 19.6 Å². The molecule has 2 aliphatic heterocycles. The Morgan fingerprint density at radius 1 is 1.21 bits per heavy atom. The van der Waals surface area contributed by atoms with E-state index in [0.717, 1.165) is 48.1 Å². The van der Waals surface area contributed by atoms with Gasteiger partial charge in [-0.25, -0.2) is 4.68 Å². The fraction of sp³-hybridized carbons (Fsp3) is 0.421. The fourth-order valence-electron chi connectivity index (χ4n) is 3.51. The van der Waals surface area contributed by atoms with E-state index in [1.165, 1.54) is 0 Å². The summed E-state index contributed by atoms with van der Waals surface area (Å²) in [5.41, 5.74) is 2.66. The van der Waals surface area contributed by atoms with Crippen molar-refractivity contribution >= 4 is 41.0 Å². The molecule has 3 heterocycles. The average molecular weight is 420 g/mol. The van der Waals surface area contributed by atoms with E-state index in [9.17, 15) is 9.59 Å². The normalized spacial score (nSPS) is 16.9. The van der Waals surface area contributed by atoms with Crippen LogP contribution in [-0.4, -0.2) is 64.1 Å². The Balaban J connectivity index is 1.56. The second-order valence-electron chi connectivity index (χ2n) is 6.84. The molecule has 0 spiro atoms. The van der Waals surface area contributed by atoms with Gasteiger partial charge in [0.15, 0.2) is 0 Å². The van der Waals surface area contributed by atoms with Crippen molar-refractivity contribution in [2.24, 2.45) is 0 Å². The van der Waals surface area contributed by atoms with E-state index in [1.54, 1.807) is 33.5 Å². The Hall–Kier alpha value is -2.03. The lowest BCUT2D eigenvalue weighted by atomic mass is 10.2. The Bertz CT molecular complexity index is 908. The first-order chi connectivity index (χ1) is 13.6. The van der Waals surface area contributed by atoms with E-state index in [-0.39, 0.29) is 0 Å². The molecule has 1 N–H and O–H groups in total. The third-order valence-corrected chi connectivity index (χ3v) is 6.34. The molecule has 1 fully saturated rings. The van der Waals surface area contributed by atoms with Gasteiger partial charge in [0.1, 0.15) is 5.82 Å². The smallest absolute Gasteiger partial charge is 0.315 e.